The van der Waals surface area contributed by atoms with Crippen LogP contribution >= 0.6 is 11.6 Å². The lowest BCUT2D eigenvalue weighted by molar-refractivity contribution is -0.123. The first kappa shape index (κ1) is 17.7. The van der Waals surface area contributed by atoms with Gasteiger partial charge >= 0.3 is 0 Å². The van der Waals surface area contributed by atoms with E-state index in [4.69, 9.17) is 16.3 Å². The van der Waals surface area contributed by atoms with E-state index in [1.54, 1.807) is 0 Å². The number of carbonyl (C=O) groups is 1. The lowest BCUT2D eigenvalue weighted by Gasteiger charge is -2.32. The molecule has 132 valence electrons. The molecule has 0 atom stereocenters. The van der Waals surface area contributed by atoms with Gasteiger partial charge in [0.2, 0.25) is 5.91 Å². The molecule has 0 spiro atoms. The Kier molecular flexibility index (Phi) is 6.52. The maximum Gasteiger partial charge on any atom is 0.220 e. The molecule has 0 unspecified atom stereocenters. The summed E-state index contributed by atoms with van der Waals surface area (Å²) in [5, 5.41) is 3.97. The topological polar surface area (TPSA) is 41.6 Å². The van der Waals surface area contributed by atoms with Crippen molar-refractivity contribution in [3.8, 4) is 0 Å². The number of piperidine rings is 1. The summed E-state index contributed by atoms with van der Waals surface area (Å²) in [6.45, 7) is 4.60. The van der Waals surface area contributed by atoms with Gasteiger partial charge in [-0.2, -0.15) is 0 Å². The Balaban J connectivity index is 1.37. The van der Waals surface area contributed by atoms with Gasteiger partial charge in [-0.25, -0.2) is 0 Å². The molecule has 0 bridgehead atoms. The smallest absolute Gasteiger partial charge is 0.220 e. The van der Waals surface area contributed by atoms with E-state index in [2.05, 4.69) is 16.3 Å². The van der Waals surface area contributed by atoms with Gasteiger partial charge in [-0.1, -0.05) is 23.7 Å². The van der Waals surface area contributed by atoms with Crippen molar-refractivity contribution in [1.29, 1.82) is 0 Å². The fourth-order valence-corrected chi connectivity index (χ4v) is 3.85. The molecule has 1 aromatic carbocycles. The molecule has 4 nitrogen and oxygen atoms in total. The molecule has 1 N–H and O–H groups in total. The number of amides is 1. The van der Waals surface area contributed by atoms with Gasteiger partial charge in [-0.3, -0.25) is 9.69 Å². The first-order valence-corrected chi connectivity index (χ1v) is 9.41. The zero-order chi connectivity index (χ0) is 16.8. The second-order valence-electron chi connectivity index (χ2n) is 7.01. The SMILES string of the molecule is O=C(CC1CCN(Cc2cccc(Cl)c2)CC1)NC1CCOCC1. The Morgan fingerprint density at radius 2 is 1.96 bits per heavy atom. The van der Waals surface area contributed by atoms with E-state index in [1.165, 1.54) is 5.56 Å². The Bertz CT molecular complexity index is 538. The largest absolute Gasteiger partial charge is 0.381 e. The minimum absolute atomic E-state index is 0.218. The summed E-state index contributed by atoms with van der Waals surface area (Å²) in [7, 11) is 0. The normalized spacial score (nSPS) is 20.9. The fourth-order valence-electron chi connectivity index (χ4n) is 3.63. The molecule has 0 aromatic heterocycles. The summed E-state index contributed by atoms with van der Waals surface area (Å²) in [6.07, 6.45) is 4.76. The van der Waals surface area contributed by atoms with Gasteiger partial charge in [0.1, 0.15) is 0 Å². The number of hydrogen-bond donors (Lipinski definition) is 1. The zero-order valence-electron chi connectivity index (χ0n) is 14.2. The molecule has 5 heteroatoms. The summed E-state index contributed by atoms with van der Waals surface area (Å²) in [5.41, 5.74) is 1.26. The summed E-state index contributed by atoms with van der Waals surface area (Å²) < 4.78 is 5.33. The third-order valence-electron chi connectivity index (χ3n) is 5.06. The fraction of sp³-hybridized carbons (Fsp3) is 0.632. The van der Waals surface area contributed by atoms with Crippen LogP contribution in [0.1, 0.15) is 37.7 Å². The first-order chi connectivity index (χ1) is 11.7. The molecule has 2 saturated heterocycles. The Morgan fingerprint density at radius 3 is 2.67 bits per heavy atom. The van der Waals surface area contributed by atoms with Gasteiger partial charge in [-0.05, 0) is 62.4 Å². The van der Waals surface area contributed by atoms with E-state index >= 15 is 0 Å². The third kappa shape index (κ3) is 5.47. The molecule has 3 rings (SSSR count). The van der Waals surface area contributed by atoms with Crippen molar-refractivity contribution < 1.29 is 9.53 Å². The monoisotopic (exact) mass is 350 g/mol. The van der Waals surface area contributed by atoms with E-state index in [1.807, 2.05) is 18.2 Å². The molecule has 2 heterocycles. The van der Waals surface area contributed by atoms with Crippen molar-refractivity contribution in [2.75, 3.05) is 26.3 Å². The highest BCUT2D eigenvalue weighted by atomic mass is 35.5. The Morgan fingerprint density at radius 1 is 1.21 bits per heavy atom. The molecule has 0 aliphatic carbocycles. The second kappa shape index (κ2) is 8.84. The molecule has 24 heavy (non-hydrogen) atoms. The van der Waals surface area contributed by atoms with Crippen molar-refractivity contribution in [1.82, 2.24) is 10.2 Å². The van der Waals surface area contributed by atoms with Crippen molar-refractivity contribution in [3.05, 3.63) is 34.9 Å². The molecule has 2 aliphatic heterocycles. The summed E-state index contributed by atoms with van der Waals surface area (Å²) in [5.74, 6) is 0.732. The van der Waals surface area contributed by atoms with E-state index in [-0.39, 0.29) is 5.91 Å². The highest BCUT2D eigenvalue weighted by molar-refractivity contribution is 6.30. The Labute approximate surface area is 149 Å². The number of nitrogens with one attached hydrogen (secondary N) is 1. The van der Waals surface area contributed by atoms with E-state index in [0.717, 1.165) is 63.6 Å². The first-order valence-electron chi connectivity index (χ1n) is 9.03. The van der Waals surface area contributed by atoms with Crippen LogP contribution in [-0.4, -0.2) is 43.2 Å². The molecule has 1 amide bonds. The average molecular weight is 351 g/mol. The second-order valence-corrected chi connectivity index (χ2v) is 7.44. The van der Waals surface area contributed by atoms with Gasteiger partial charge in [0.25, 0.3) is 0 Å². The van der Waals surface area contributed by atoms with E-state index in [9.17, 15) is 4.79 Å². The van der Waals surface area contributed by atoms with Crippen LogP contribution in [-0.2, 0) is 16.1 Å². The number of halogens is 1. The van der Waals surface area contributed by atoms with Crippen LogP contribution in [0.3, 0.4) is 0 Å². The molecule has 2 aliphatic rings. The van der Waals surface area contributed by atoms with E-state index in [0.29, 0.717) is 18.4 Å². The Hall–Kier alpha value is -1.10. The van der Waals surface area contributed by atoms with Crippen molar-refractivity contribution in [2.24, 2.45) is 5.92 Å². The van der Waals surface area contributed by atoms with Crippen LogP contribution in [0.15, 0.2) is 24.3 Å². The lowest BCUT2D eigenvalue weighted by Crippen LogP contribution is -2.41. The van der Waals surface area contributed by atoms with Crippen LogP contribution in [0.2, 0.25) is 5.02 Å². The van der Waals surface area contributed by atoms with Gasteiger partial charge < -0.3 is 10.1 Å². The van der Waals surface area contributed by atoms with Crippen molar-refractivity contribution in [3.63, 3.8) is 0 Å². The van der Waals surface area contributed by atoms with Crippen molar-refractivity contribution in [2.45, 2.75) is 44.7 Å². The lowest BCUT2D eigenvalue weighted by atomic mass is 9.92. The maximum absolute atomic E-state index is 12.2. The molecule has 0 radical (unpaired) electrons. The molecule has 0 saturated carbocycles. The number of nitrogens with zero attached hydrogens (tertiary/aromatic N) is 1. The number of likely N-dealkylation sites (tertiary alicyclic amines) is 1. The van der Waals surface area contributed by atoms with Gasteiger partial charge in [-0.15, -0.1) is 0 Å². The van der Waals surface area contributed by atoms with Gasteiger partial charge in [0.05, 0.1) is 0 Å². The summed E-state index contributed by atoms with van der Waals surface area (Å²) >= 11 is 6.05. The number of ether oxygens (including phenoxy) is 1. The minimum Gasteiger partial charge on any atom is -0.381 e. The zero-order valence-corrected chi connectivity index (χ0v) is 14.9. The van der Waals surface area contributed by atoms with Crippen LogP contribution in [0.4, 0.5) is 0 Å². The van der Waals surface area contributed by atoms with Crippen LogP contribution < -0.4 is 5.32 Å². The highest BCUT2D eigenvalue weighted by Gasteiger charge is 2.23. The van der Waals surface area contributed by atoms with Crippen LogP contribution in [0, 0.1) is 5.92 Å². The summed E-state index contributed by atoms with van der Waals surface area (Å²) in [6, 6.07) is 8.39. The molecule has 1 aromatic rings. The standard InChI is InChI=1S/C19H27ClN2O2/c20-17-3-1-2-16(12-17)14-22-8-4-15(5-9-22)13-19(23)21-18-6-10-24-11-7-18/h1-3,12,15,18H,4-11,13-14H2,(H,21,23). The summed E-state index contributed by atoms with van der Waals surface area (Å²) in [4.78, 5) is 14.7. The minimum atomic E-state index is 0.218. The predicted octanol–water partition coefficient (Wildman–Crippen LogP) is 3.24. The number of rotatable bonds is 5. The highest BCUT2D eigenvalue weighted by Crippen LogP contribution is 2.23. The number of hydrogen-bond acceptors (Lipinski definition) is 3. The molecule has 2 fully saturated rings. The predicted molar refractivity (Wildman–Crippen MR) is 96.1 cm³/mol. The molecular formula is C19H27ClN2O2. The number of benzene rings is 1. The third-order valence-corrected chi connectivity index (χ3v) is 5.30. The van der Waals surface area contributed by atoms with E-state index < -0.39 is 0 Å². The maximum atomic E-state index is 12.2. The van der Waals surface area contributed by atoms with Crippen LogP contribution in [0.25, 0.3) is 0 Å². The van der Waals surface area contributed by atoms with Gasteiger partial charge in [0.15, 0.2) is 0 Å². The van der Waals surface area contributed by atoms with Gasteiger partial charge in [0, 0.05) is 37.2 Å². The molecular weight excluding hydrogens is 324 g/mol. The number of carbonyl (C=O) groups excluding carboxylic acids is 1. The average Bonchev–Trinajstić information content (AvgIpc) is 2.57. The van der Waals surface area contributed by atoms with Crippen molar-refractivity contribution >= 4 is 17.5 Å². The van der Waals surface area contributed by atoms with Crippen LogP contribution in [0.5, 0.6) is 0 Å². The quantitative estimate of drug-likeness (QED) is 0.886.